The van der Waals surface area contributed by atoms with Gasteiger partial charge in [0.25, 0.3) is 0 Å². The fraction of sp³-hybridized carbons (Fsp3) is 0.0714. The zero-order chi connectivity index (χ0) is 13.0. The van der Waals surface area contributed by atoms with Crippen LogP contribution in [0.3, 0.4) is 0 Å². The van der Waals surface area contributed by atoms with Crippen molar-refractivity contribution in [2.75, 3.05) is 0 Å². The largest absolute Gasteiger partial charge is 0.508 e. The predicted octanol–water partition coefficient (Wildman–Crippen LogP) is 2.45. The van der Waals surface area contributed by atoms with E-state index in [0.29, 0.717) is 11.1 Å². The van der Waals surface area contributed by atoms with Crippen LogP contribution in [0.4, 0.5) is 0 Å². The average molecular weight is 244 g/mol. The van der Waals surface area contributed by atoms with E-state index in [2.05, 4.69) is 0 Å². The number of hydrogen-bond donors (Lipinski definition) is 2. The molecule has 2 aromatic carbocycles. The van der Waals surface area contributed by atoms with Gasteiger partial charge in [0.2, 0.25) is 0 Å². The van der Waals surface area contributed by atoms with Gasteiger partial charge in [-0.1, -0.05) is 18.2 Å². The van der Waals surface area contributed by atoms with Gasteiger partial charge in [-0.15, -0.1) is 0 Å². The molecule has 2 N–H and O–H groups in total. The lowest BCUT2D eigenvalue weighted by molar-refractivity contribution is 0.0472. The molecule has 0 fully saturated rings. The minimum absolute atomic E-state index is 0.00428. The maximum Gasteiger partial charge on any atom is 0.338 e. The van der Waals surface area contributed by atoms with Gasteiger partial charge in [-0.05, 0) is 29.8 Å². The zero-order valence-electron chi connectivity index (χ0n) is 9.54. The molecule has 2 aromatic rings. The molecule has 0 radical (unpaired) electrons. The minimum Gasteiger partial charge on any atom is -0.508 e. The lowest BCUT2D eigenvalue weighted by Crippen LogP contribution is -2.04. The minimum atomic E-state index is -0.446. The fourth-order valence-corrected chi connectivity index (χ4v) is 1.55. The van der Waals surface area contributed by atoms with Gasteiger partial charge in [0.15, 0.2) is 0 Å². The molecule has 18 heavy (non-hydrogen) atoms. The van der Waals surface area contributed by atoms with E-state index >= 15 is 0 Å². The van der Waals surface area contributed by atoms with Gasteiger partial charge < -0.3 is 14.9 Å². The molecule has 92 valence electrons. The number of carbonyl (C=O) groups excluding carboxylic acids is 1. The second-order valence-electron chi connectivity index (χ2n) is 3.80. The molecule has 0 aromatic heterocycles. The summed E-state index contributed by atoms with van der Waals surface area (Å²) < 4.78 is 5.06. The number of rotatable bonds is 3. The fourth-order valence-electron chi connectivity index (χ4n) is 1.55. The SMILES string of the molecule is O=C(OCc1cc(O)cc(O)c1)c1ccccc1. The van der Waals surface area contributed by atoms with Crippen molar-refractivity contribution in [2.24, 2.45) is 0 Å². The van der Waals surface area contributed by atoms with Crippen molar-refractivity contribution in [2.45, 2.75) is 6.61 Å². The summed E-state index contributed by atoms with van der Waals surface area (Å²) in [6, 6.07) is 12.7. The number of carbonyl (C=O) groups is 1. The first-order valence-electron chi connectivity index (χ1n) is 5.39. The summed E-state index contributed by atoms with van der Waals surface area (Å²) in [5, 5.41) is 18.6. The second kappa shape index (κ2) is 5.23. The third kappa shape index (κ3) is 3.01. The van der Waals surface area contributed by atoms with E-state index in [1.165, 1.54) is 18.2 Å². The second-order valence-corrected chi connectivity index (χ2v) is 3.80. The molecule has 0 aliphatic rings. The van der Waals surface area contributed by atoms with Crippen LogP contribution in [0.2, 0.25) is 0 Å². The molecule has 0 heterocycles. The Labute approximate surface area is 104 Å². The first-order valence-corrected chi connectivity index (χ1v) is 5.39. The molecule has 0 aliphatic carbocycles. The summed E-state index contributed by atoms with van der Waals surface area (Å²) in [4.78, 5) is 11.6. The molecule has 0 bridgehead atoms. The van der Waals surface area contributed by atoms with Gasteiger partial charge >= 0.3 is 5.97 Å². The molecule has 0 atom stereocenters. The van der Waals surface area contributed by atoms with Crippen molar-refractivity contribution in [3.63, 3.8) is 0 Å². The van der Waals surface area contributed by atoms with E-state index in [4.69, 9.17) is 4.74 Å². The summed E-state index contributed by atoms with van der Waals surface area (Å²) >= 11 is 0. The molecule has 2 rings (SSSR count). The normalized spacial score (nSPS) is 10.0. The van der Waals surface area contributed by atoms with E-state index in [0.717, 1.165) is 0 Å². The Morgan fingerprint density at radius 3 is 2.22 bits per heavy atom. The molecule has 0 amide bonds. The maximum absolute atomic E-state index is 11.6. The smallest absolute Gasteiger partial charge is 0.338 e. The number of phenolic OH excluding ortho intramolecular Hbond substituents is 2. The lowest BCUT2D eigenvalue weighted by atomic mass is 10.2. The Bertz CT molecular complexity index is 529. The summed E-state index contributed by atoms with van der Waals surface area (Å²) in [6.07, 6.45) is 0. The molecular weight excluding hydrogens is 232 g/mol. The first kappa shape index (κ1) is 12.0. The van der Waals surface area contributed by atoms with Crippen molar-refractivity contribution in [1.29, 1.82) is 0 Å². The van der Waals surface area contributed by atoms with Gasteiger partial charge in [-0.2, -0.15) is 0 Å². The maximum atomic E-state index is 11.6. The zero-order valence-corrected chi connectivity index (χ0v) is 9.54. The highest BCUT2D eigenvalue weighted by molar-refractivity contribution is 5.89. The Morgan fingerprint density at radius 1 is 1.00 bits per heavy atom. The van der Waals surface area contributed by atoms with Gasteiger partial charge in [-0.3, -0.25) is 0 Å². The van der Waals surface area contributed by atoms with Gasteiger partial charge in [-0.25, -0.2) is 4.79 Å². The van der Waals surface area contributed by atoms with Crippen LogP contribution in [0.5, 0.6) is 11.5 Å². The molecule has 4 nitrogen and oxygen atoms in total. The Balaban J connectivity index is 2.02. The van der Waals surface area contributed by atoms with Crippen LogP contribution in [0.15, 0.2) is 48.5 Å². The highest BCUT2D eigenvalue weighted by Crippen LogP contribution is 2.21. The van der Waals surface area contributed by atoms with Crippen LogP contribution in [0.1, 0.15) is 15.9 Å². The van der Waals surface area contributed by atoms with Crippen molar-refractivity contribution < 1.29 is 19.7 Å². The molecule has 0 saturated carbocycles. The number of benzene rings is 2. The number of phenols is 2. The van der Waals surface area contributed by atoms with Gasteiger partial charge in [0.1, 0.15) is 18.1 Å². The van der Waals surface area contributed by atoms with Gasteiger partial charge in [0.05, 0.1) is 5.56 Å². The van der Waals surface area contributed by atoms with Gasteiger partial charge in [0, 0.05) is 6.07 Å². The quantitative estimate of drug-likeness (QED) is 0.814. The van der Waals surface area contributed by atoms with Crippen LogP contribution >= 0.6 is 0 Å². The Morgan fingerprint density at radius 2 is 1.61 bits per heavy atom. The van der Waals surface area contributed by atoms with Crippen molar-refractivity contribution in [3.05, 3.63) is 59.7 Å². The molecule has 0 spiro atoms. The average Bonchev–Trinajstić information content (AvgIpc) is 2.36. The van der Waals surface area contributed by atoms with Crippen molar-refractivity contribution in [1.82, 2.24) is 0 Å². The molecule has 0 saturated heterocycles. The van der Waals surface area contributed by atoms with E-state index < -0.39 is 5.97 Å². The van der Waals surface area contributed by atoms with Crippen LogP contribution in [0, 0.1) is 0 Å². The van der Waals surface area contributed by atoms with Crippen molar-refractivity contribution >= 4 is 5.97 Å². The van der Waals surface area contributed by atoms with E-state index in [9.17, 15) is 15.0 Å². The van der Waals surface area contributed by atoms with Crippen LogP contribution in [-0.2, 0) is 11.3 Å². The van der Waals surface area contributed by atoms with Crippen molar-refractivity contribution in [3.8, 4) is 11.5 Å². The monoisotopic (exact) mass is 244 g/mol. The standard InChI is InChI=1S/C14H12O4/c15-12-6-10(7-13(16)8-12)9-18-14(17)11-4-2-1-3-5-11/h1-8,15-16H,9H2. The molecule has 0 aliphatic heterocycles. The first-order chi connectivity index (χ1) is 8.65. The van der Waals surface area contributed by atoms with Crippen LogP contribution in [0.25, 0.3) is 0 Å². The predicted molar refractivity (Wildman–Crippen MR) is 65.3 cm³/mol. The molecule has 4 heteroatoms. The van der Waals surface area contributed by atoms with Crippen LogP contribution < -0.4 is 0 Å². The molecule has 0 unspecified atom stereocenters. The third-order valence-corrected chi connectivity index (χ3v) is 2.34. The highest BCUT2D eigenvalue weighted by Gasteiger charge is 2.07. The number of esters is 1. The Kier molecular flexibility index (Phi) is 3.48. The summed E-state index contributed by atoms with van der Waals surface area (Å²) in [7, 11) is 0. The van der Waals surface area contributed by atoms with Crippen LogP contribution in [-0.4, -0.2) is 16.2 Å². The van der Waals surface area contributed by atoms with E-state index in [-0.39, 0.29) is 18.1 Å². The highest BCUT2D eigenvalue weighted by atomic mass is 16.5. The Hall–Kier alpha value is -2.49. The molecular formula is C14H12O4. The lowest BCUT2D eigenvalue weighted by Gasteiger charge is -2.06. The van der Waals surface area contributed by atoms with E-state index in [1.54, 1.807) is 24.3 Å². The third-order valence-electron chi connectivity index (χ3n) is 2.34. The number of hydrogen-bond acceptors (Lipinski definition) is 4. The number of aromatic hydroxyl groups is 2. The summed E-state index contributed by atoms with van der Waals surface area (Å²) in [5.41, 5.74) is 0.985. The van der Waals surface area contributed by atoms with E-state index in [1.807, 2.05) is 6.07 Å². The summed E-state index contributed by atoms with van der Waals surface area (Å²) in [6.45, 7) is -0.00428. The summed E-state index contributed by atoms with van der Waals surface area (Å²) in [5.74, 6) is -0.583. The topological polar surface area (TPSA) is 66.8 Å². The number of ether oxygens (including phenoxy) is 1.